The van der Waals surface area contributed by atoms with Crippen LogP contribution in [0.1, 0.15) is 17.5 Å². The van der Waals surface area contributed by atoms with E-state index in [9.17, 15) is 13.2 Å². The van der Waals surface area contributed by atoms with E-state index in [-0.39, 0.29) is 17.9 Å². The highest BCUT2D eigenvalue weighted by molar-refractivity contribution is 9.08. The van der Waals surface area contributed by atoms with Crippen LogP contribution < -0.4 is 0 Å². The molecule has 0 atom stereocenters. The molecule has 0 saturated carbocycles. The molecule has 0 fully saturated rings. The number of rotatable bonds is 3. The van der Waals surface area contributed by atoms with E-state index in [1.807, 2.05) is 0 Å². The molecule has 17 heavy (non-hydrogen) atoms. The highest BCUT2D eigenvalue weighted by Crippen LogP contribution is 2.19. The van der Waals surface area contributed by atoms with Crippen LogP contribution in [0.4, 0.5) is 13.2 Å². The van der Waals surface area contributed by atoms with E-state index in [4.69, 9.17) is 0 Å². The minimum Gasteiger partial charge on any atom is -0.207 e. The lowest BCUT2D eigenvalue weighted by atomic mass is 10.0. The molecule has 2 nitrogen and oxygen atoms in total. The molecule has 1 aromatic carbocycles. The quantitative estimate of drug-likeness (QED) is 0.763. The maximum absolute atomic E-state index is 13.5. The second-order valence-electron chi connectivity index (χ2n) is 3.56. The van der Waals surface area contributed by atoms with Crippen LogP contribution >= 0.6 is 15.9 Å². The van der Waals surface area contributed by atoms with Gasteiger partial charge in [-0.2, -0.15) is 10.2 Å². The summed E-state index contributed by atoms with van der Waals surface area (Å²) in [5.74, 6) is -0.382. The first-order valence-electron chi connectivity index (χ1n) is 4.88. The molecule has 0 bridgehead atoms. The monoisotopic (exact) mass is 304 g/mol. The van der Waals surface area contributed by atoms with Gasteiger partial charge in [0.1, 0.15) is 11.5 Å². The molecule has 2 rings (SSSR count). The predicted molar refractivity (Wildman–Crippen MR) is 63.6 cm³/mol. The third-order valence-electron chi connectivity index (χ3n) is 2.43. The van der Waals surface area contributed by atoms with Crippen molar-refractivity contribution in [3.8, 4) is 0 Å². The Hall–Kier alpha value is -1.17. The van der Waals surface area contributed by atoms with E-state index in [0.717, 1.165) is 0 Å². The lowest BCUT2D eigenvalue weighted by Gasteiger charge is -2.04. The van der Waals surface area contributed by atoms with Crippen molar-refractivity contribution >= 4 is 27.4 Å². The molecule has 1 aliphatic rings. The number of nitrogens with zero attached hydrogens (tertiary/aromatic N) is 2. The summed E-state index contributed by atoms with van der Waals surface area (Å²) in [5.41, 5.74) is 1.11. The molecular formula is C11H8BrF3N2. The van der Waals surface area contributed by atoms with E-state index in [1.165, 1.54) is 6.07 Å². The molecule has 0 saturated heterocycles. The molecule has 1 aromatic rings. The lowest BCUT2D eigenvalue weighted by molar-refractivity contribution is 0.224. The summed E-state index contributed by atoms with van der Waals surface area (Å²) in [5, 5.41) is 7.45. The van der Waals surface area contributed by atoms with Gasteiger partial charge in [-0.3, -0.25) is 0 Å². The number of hydrogen-bond acceptors (Lipinski definition) is 2. The largest absolute Gasteiger partial charge is 0.278 e. The van der Waals surface area contributed by atoms with Gasteiger partial charge in [-0.25, -0.2) is 13.2 Å². The van der Waals surface area contributed by atoms with Crippen molar-refractivity contribution < 1.29 is 13.2 Å². The number of benzene rings is 1. The molecule has 0 aliphatic carbocycles. The van der Waals surface area contributed by atoms with Crippen molar-refractivity contribution in [2.45, 2.75) is 18.2 Å². The van der Waals surface area contributed by atoms with Crippen LogP contribution in [0.3, 0.4) is 0 Å². The fourth-order valence-corrected chi connectivity index (χ4v) is 1.94. The maximum Gasteiger partial charge on any atom is 0.278 e. The normalized spacial score (nSPS) is 15.1. The van der Waals surface area contributed by atoms with Gasteiger partial charge in [0.05, 0.1) is 5.71 Å². The van der Waals surface area contributed by atoms with Gasteiger partial charge in [0.15, 0.2) is 0 Å². The van der Waals surface area contributed by atoms with Crippen molar-refractivity contribution in [2.75, 3.05) is 0 Å². The number of alkyl halides is 3. The van der Waals surface area contributed by atoms with E-state index in [1.54, 1.807) is 12.1 Å². The molecular weight excluding hydrogens is 297 g/mol. The predicted octanol–water partition coefficient (Wildman–Crippen LogP) is 3.53. The zero-order valence-electron chi connectivity index (χ0n) is 8.63. The Morgan fingerprint density at radius 3 is 2.59 bits per heavy atom. The van der Waals surface area contributed by atoms with Crippen LogP contribution in [0, 0.1) is 5.82 Å². The maximum atomic E-state index is 13.5. The Balaban J connectivity index is 2.19. The van der Waals surface area contributed by atoms with Crippen LogP contribution in [0.15, 0.2) is 28.4 Å². The highest BCUT2D eigenvalue weighted by Gasteiger charge is 2.22. The Morgan fingerprint density at radius 1 is 1.29 bits per heavy atom. The van der Waals surface area contributed by atoms with Crippen LogP contribution in [0.2, 0.25) is 0 Å². The second kappa shape index (κ2) is 5.00. The Morgan fingerprint density at radius 2 is 2.06 bits per heavy atom. The molecule has 0 radical (unpaired) electrons. The lowest BCUT2D eigenvalue weighted by Crippen LogP contribution is -2.12. The summed E-state index contributed by atoms with van der Waals surface area (Å²) in [6, 6.07) is 4.55. The summed E-state index contributed by atoms with van der Waals surface area (Å²) in [6.07, 6.45) is -2.63. The van der Waals surface area contributed by atoms with Gasteiger partial charge in [0.2, 0.25) is 0 Å². The summed E-state index contributed by atoms with van der Waals surface area (Å²) >= 11 is 3.15. The zero-order valence-corrected chi connectivity index (χ0v) is 10.2. The van der Waals surface area contributed by atoms with Crippen molar-refractivity contribution in [3.05, 3.63) is 35.1 Å². The Bertz CT molecular complexity index is 497. The molecule has 0 aromatic heterocycles. The fraction of sp³-hybridized carbons (Fsp3) is 0.273. The third kappa shape index (κ3) is 2.57. The standard InChI is InChI=1S/C11H8BrF3N2/c12-5-7-2-1-6(3-8(7)13)9-4-10(11(14)15)17-16-9/h1-3,11H,4-5H2. The van der Waals surface area contributed by atoms with Gasteiger partial charge in [0, 0.05) is 17.3 Å². The summed E-state index contributed by atoms with van der Waals surface area (Å²) in [7, 11) is 0. The third-order valence-corrected chi connectivity index (χ3v) is 3.03. The topological polar surface area (TPSA) is 24.7 Å². The smallest absolute Gasteiger partial charge is 0.207 e. The average Bonchev–Trinajstić information content (AvgIpc) is 2.78. The Kier molecular flexibility index (Phi) is 3.61. The second-order valence-corrected chi connectivity index (χ2v) is 4.12. The molecule has 0 spiro atoms. The van der Waals surface area contributed by atoms with Gasteiger partial charge in [-0.1, -0.05) is 28.1 Å². The van der Waals surface area contributed by atoms with Gasteiger partial charge in [0.25, 0.3) is 6.43 Å². The first kappa shape index (κ1) is 12.3. The van der Waals surface area contributed by atoms with Crippen LogP contribution in [0.25, 0.3) is 0 Å². The minimum absolute atomic E-state index is 0.0230. The van der Waals surface area contributed by atoms with Gasteiger partial charge >= 0.3 is 0 Å². The first-order chi connectivity index (χ1) is 8.11. The molecule has 1 heterocycles. The minimum atomic E-state index is -2.61. The van der Waals surface area contributed by atoms with E-state index >= 15 is 0 Å². The summed E-state index contributed by atoms with van der Waals surface area (Å²) in [4.78, 5) is 0. The van der Waals surface area contributed by atoms with E-state index in [2.05, 4.69) is 26.1 Å². The van der Waals surface area contributed by atoms with E-state index < -0.39 is 6.43 Å². The van der Waals surface area contributed by atoms with Crippen LogP contribution in [-0.4, -0.2) is 17.8 Å². The first-order valence-corrected chi connectivity index (χ1v) is 6.00. The van der Waals surface area contributed by atoms with Crippen molar-refractivity contribution in [1.29, 1.82) is 0 Å². The molecule has 1 aliphatic heterocycles. The molecule has 6 heteroatoms. The molecule has 0 N–H and O–H groups in total. The zero-order chi connectivity index (χ0) is 12.4. The van der Waals surface area contributed by atoms with Crippen molar-refractivity contribution in [2.24, 2.45) is 10.2 Å². The summed E-state index contributed by atoms with van der Waals surface area (Å²) < 4.78 is 38.2. The number of hydrogen-bond donors (Lipinski definition) is 0. The molecule has 90 valence electrons. The van der Waals surface area contributed by atoms with E-state index in [0.29, 0.717) is 22.2 Å². The highest BCUT2D eigenvalue weighted by atomic mass is 79.9. The average molecular weight is 305 g/mol. The Labute approximate surface area is 104 Å². The van der Waals surface area contributed by atoms with Gasteiger partial charge in [-0.15, -0.1) is 0 Å². The van der Waals surface area contributed by atoms with Crippen molar-refractivity contribution in [3.63, 3.8) is 0 Å². The summed E-state index contributed by atoms with van der Waals surface area (Å²) in [6.45, 7) is 0. The molecule has 0 unspecified atom stereocenters. The van der Waals surface area contributed by atoms with Gasteiger partial charge < -0.3 is 0 Å². The molecule has 0 amide bonds. The van der Waals surface area contributed by atoms with Crippen molar-refractivity contribution in [1.82, 2.24) is 0 Å². The van der Waals surface area contributed by atoms with Crippen LogP contribution in [0.5, 0.6) is 0 Å². The number of halogens is 4. The van der Waals surface area contributed by atoms with Gasteiger partial charge in [-0.05, 0) is 11.6 Å². The SMILES string of the molecule is Fc1cc(C2=NN=C(C(F)F)C2)ccc1CBr. The van der Waals surface area contributed by atoms with Crippen LogP contribution in [-0.2, 0) is 5.33 Å². The fourth-order valence-electron chi connectivity index (χ4n) is 1.48.